The molecule has 140 valence electrons. The van der Waals surface area contributed by atoms with E-state index < -0.39 is 29.8 Å². The highest BCUT2D eigenvalue weighted by molar-refractivity contribution is 7.59. The highest BCUT2D eigenvalue weighted by atomic mass is 32.1. The van der Waals surface area contributed by atoms with Gasteiger partial charge >= 0.3 is 12.1 Å². The maximum absolute atomic E-state index is 12.3. The zero-order chi connectivity index (χ0) is 18.3. The fourth-order valence-corrected chi connectivity index (χ4v) is 1.83. The van der Waals surface area contributed by atoms with Crippen LogP contribution in [0.3, 0.4) is 0 Å². The number of carbonyl (C=O) groups excluding carboxylic acids is 3. The minimum Gasteiger partial charge on any atom is -0.453 e. The van der Waals surface area contributed by atoms with Crippen molar-refractivity contribution in [1.82, 2.24) is 5.32 Å². The smallest absolute Gasteiger partial charge is 0.408 e. The minimum absolute atomic E-state index is 0. The van der Waals surface area contributed by atoms with E-state index in [9.17, 15) is 14.4 Å². The third-order valence-corrected chi connectivity index (χ3v) is 3.12. The summed E-state index contributed by atoms with van der Waals surface area (Å²) in [5.41, 5.74) is 0.170. The molecule has 1 rings (SSSR count). The van der Waals surface area contributed by atoms with Crippen LogP contribution < -0.4 is 5.32 Å². The zero-order valence-electron chi connectivity index (χ0n) is 15.3. The zero-order valence-corrected chi connectivity index (χ0v) is 16.3. The number of nitrogens with one attached hydrogen (secondary N) is 1. The SMILES string of the molecule is CC(=O)C(C)OC(=O)[C@H](Cc1ccccc1)NC(=O)OC(C)(C)C.S. The van der Waals surface area contributed by atoms with Gasteiger partial charge in [0.2, 0.25) is 0 Å². The first-order chi connectivity index (χ1) is 11.1. The number of Topliss-reactive ketones (excluding diaryl/α,β-unsaturated/α-hetero) is 1. The number of benzene rings is 1. The lowest BCUT2D eigenvalue weighted by Gasteiger charge is -2.23. The largest absolute Gasteiger partial charge is 0.453 e. The van der Waals surface area contributed by atoms with Gasteiger partial charge in [-0.15, -0.1) is 0 Å². The minimum atomic E-state index is -0.941. The van der Waals surface area contributed by atoms with Crippen molar-refractivity contribution in [2.45, 2.75) is 58.8 Å². The molecule has 1 amide bonds. The van der Waals surface area contributed by atoms with Crippen LogP contribution in [0.15, 0.2) is 30.3 Å². The molecule has 0 aliphatic carbocycles. The summed E-state index contributed by atoms with van der Waals surface area (Å²) in [6, 6.07) is 8.27. The van der Waals surface area contributed by atoms with E-state index in [0.717, 1.165) is 5.56 Å². The number of hydrogen-bond acceptors (Lipinski definition) is 5. The third-order valence-electron chi connectivity index (χ3n) is 3.12. The van der Waals surface area contributed by atoms with E-state index in [-0.39, 0.29) is 25.7 Å². The summed E-state index contributed by atoms with van der Waals surface area (Å²) in [6.07, 6.45) is -1.34. The molecule has 1 N–H and O–H groups in total. The summed E-state index contributed by atoms with van der Waals surface area (Å²) in [6.45, 7) is 8.03. The molecule has 1 aromatic rings. The van der Waals surface area contributed by atoms with Crippen molar-refractivity contribution >= 4 is 31.3 Å². The summed E-state index contributed by atoms with van der Waals surface area (Å²) in [5, 5.41) is 2.52. The Morgan fingerprint density at radius 1 is 1.12 bits per heavy atom. The molecule has 0 saturated carbocycles. The van der Waals surface area contributed by atoms with Gasteiger partial charge in [0.1, 0.15) is 11.6 Å². The van der Waals surface area contributed by atoms with Crippen molar-refractivity contribution in [1.29, 1.82) is 0 Å². The van der Waals surface area contributed by atoms with E-state index in [2.05, 4.69) is 5.32 Å². The number of esters is 1. The standard InChI is InChI=1S/C18H25NO5.H2S/c1-12(20)13(2)23-16(21)15(11-14-9-7-6-8-10-14)19-17(22)24-18(3,4)5;/h6-10,13,15H,11H2,1-5H3,(H,19,22);1H2/t13?,15-;/m0./s1. The van der Waals surface area contributed by atoms with Gasteiger partial charge in [0, 0.05) is 6.42 Å². The highest BCUT2D eigenvalue weighted by Gasteiger charge is 2.27. The Kier molecular flexibility index (Phi) is 9.27. The van der Waals surface area contributed by atoms with Gasteiger partial charge in [-0.2, -0.15) is 13.5 Å². The molecule has 7 heteroatoms. The summed E-state index contributed by atoms with van der Waals surface area (Å²) >= 11 is 0. The van der Waals surface area contributed by atoms with Crippen molar-refractivity contribution in [3.8, 4) is 0 Å². The Labute approximate surface area is 155 Å². The van der Waals surface area contributed by atoms with E-state index in [1.54, 1.807) is 20.8 Å². The number of amides is 1. The van der Waals surface area contributed by atoms with E-state index in [1.807, 2.05) is 30.3 Å². The van der Waals surface area contributed by atoms with Crippen LogP contribution in [0.25, 0.3) is 0 Å². The van der Waals surface area contributed by atoms with Gasteiger partial charge < -0.3 is 14.8 Å². The van der Waals surface area contributed by atoms with Crippen LogP contribution >= 0.6 is 13.5 Å². The van der Waals surface area contributed by atoms with Crippen LogP contribution in [0.5, 0.6) is 0 Å². The molecule has 0 aliphatic rings. The monoisotopic (exact) mass is 369 g/mol. The number of alkyl carbamates (subject to hydrolysis) is 1. The van der Waals surface area contributed by atoms with E-state index in [0.29, 0.717) is 0 Å². The third kappa shape index (κ3) is 9.14. The molecule has 0 aromatic heterocycles. The van der Waals surface area contributed by atoms with E-state index >= 15 is 0 Å². The quantitative estimate of drug-likeness (QED) is 0.780. The first-order valence-corrected chi connectivity index (χ1v) is 7.83. The Balaban J connectivity index is 0.00000576. The van der Waals surface area contributed by atoms with E-state index in [4.69, 9.17) is 9.47 Å². The van der Waals surface area contributed by atoms with Crippen LogP contribution in [0.4, 0.5) is 4.79 Å². The van der Waals surface area contributed by atoms with Gasteiger partial charge in [-0.05, 0) is 40.2 Å². The molecule has 0 saturated heterocycles. The molecule has 0 aliphatic heterocycles. The van der Waals surface area contributed by atoms with Gasteiger partial charge in [-0.1, -0.05) is 30.3 Å². The number of ether oxygens (including phenoxy) is 2. The fraction of sp³-hybridized carbons (Fsp3) is 0.500. The molecular weight excluding hydrogens is 342 g/mol. The normalized spacial score (nSPS) is 13.0. The summed E-state index contributed by atoms with van der Waals surface area (Å²) in [5.74, 6) is -0.938. The van der Waals surface area contributed by atoms with E-state index in [1.165, 1.54) is 13.8 Å². The molecule has 25 heavy (non-hydrogen) atoms. The topological polar surface area (TPSA) is 81.7 Å². The number of hydrogen-bond donors (Lipinski definition) is 1. The molecule has 6 nitrogen and oxygen atoms in total. The lowest BCUT2D eigenvalue weighted by Crippen LogP contribution is -2.46. The molecule has 0 bridgehead atoms. The average Bonchev–Trinajstić information content (AvgIpc) is 2.45. The van der Waals surface area contributed by atoms with Crippen LogP contribution in [0, 0.1) is 0 Å². The molecule has 0 fully saturated rings. The predicted octanol–water partition coefficient (Wildman–Crippen LogP) is 2.76. The maximum Gasteiger partial charge on any atom is 0.408 e. The Hall–Kier alpha value is -2.02. The van der Waals surface area contributed by atoms with Crippen LogP contribution in [0.2, 0.25) is 0 Å². The van der Waals surface area contributed by atoms with Crippen molar-refractivity contribution < 1.29 is 23.9 Å². The van der Waals surface area contributed by atoms with Crippen molar-refractivity contribution in [3.05, 3.63) is 35.9 Å². The average molecular weight is 369 g/mol. The second-order valence-electron chi connectivity index (χ2n) is 6.58. The lowest BCUT2D eigenvalue weighted by molar-refractivity contribution is -0.155. The van der Waals surface area contributed by atoms with Crippen molar-refractivity contribution in [2.24, 2.45) is 0 Å². The molecule has 2 atom stereocenters. The Morgan fingerprint density at radius 2 is 1.68 bits per heavy atom. The Bertz CT molecular complexity index is 583. The molecular formula is C18H27NO5S. The summed E-state index contributed by atoms with van der Waals surface area (Å²) in [4.78, 5) is 35.6. The number of carbonyl (C=O) groups is 3. The molecule has 1 unspecified atom stereocenters. The fourth-order valence-electron chi connectivity index (χ4n) is 1.83. The number of rotatable bonds is 6. The first-order valence-electron chi connectivity index (χ1n) is 7.83. The highest BCUT2D eigenvalue weighted by Crippen LogP contribution is 2.10. The predicted molar refractivity (Wildman–Crippen MR) is 99.9 cm³/mol. The van der Waals surface area contributed by atoms with Crippen LogP contribution in [-0.4, -0.2) is 35.6 Å². The second-order valence-corrected chi connectivity index (χ2v) is 6.58. The van der Waals surface area contributed by atoms with Gasteiger partial charge in [0.25, 0.3) is 0 Å². The summed E-state index contributed by atoms with van der Waals surface area (Å²) in [7, 11) is 0. The maximum atomic E-state index is 12.3. The molecule has 0 heterocycles. The number of ketones is 1. The van der Waals surface area contributed by atoms with Gasteiger partial charge in [0.05, 0.1) is 0 Å². The van der Waals surface area contributed by atoms with Crippen molar-refractivity contribution in [2.75, 3.05) is 0 Å². The Morgan fingerprint density at radius 3 is 2.16 bits per heavy atom. The lowest BCUT2D eigenvalue weighted by atomic mass is 10.1. The molecule has 1 aromatic carbocycles. The van der Waals surface area contributed by atoms with Gasteiger partial charge in [-0.3, -0.25) is 4.79 Å². The summed E-state index contributed by atoms with van der Waals surface area (Å²) < 4.78 is 10.3. The second kappa shape index (κ2) is 10.1. The van der Waals surface area contributed by atoms with Crippen molar-refractivity contribution in [3.63, 3.8) is 0 Å². The molecule has 0 spiro atoms. The first kappa shape index (κ1) is 23.0. The van der Waals surface area contributed by atoms with Gasteiger partial charge in [0.15, 0.2) is 11.9 Å². The van der Waals surface area contributed by atoms with Crippen LogP contribution in [-0.2, 0) is 25.5 Å². The van der Waals surface area contributed by atoms with Crippen LogP contribution in [0.1, 0.15) is 40.2 Å². The van der Waals surface area contributed by atoms with Gasteiger partial charge in [-0.25, -0.2) is 9.59 Å². The molecule has 0 radical (unpaired) electrons.